The zero-order valence-corrected chi connectivity index (χ0v) is 16.5. The van der Waals surface area contributed by atoms with E-state index in [4.69, 9.17) is 18.6 Å². The fraction of sp³-hybridized carbons (Fsp3) is 0.476. The summed E-state index contributed by atoms with van der Waals surface area (Å²) in [6.07, 6.45) is 4.24. The third-order valence-electron chi connectivity index (χ3n) is 4.88. The molecule has 0 aliphatic carbocycles. The van der Waals surface area contributed by atoms with Gasteiger partial charge in [-0.15, -0.1) is 0 Å². The van der Waals surface area contributed by atoms with Gasteiger partial charge in [-0.05, 0) is 49.6 Å². The summed E-state index contributed by atoms with van der Waals surface area (Å²) in [6.45, 7) is 2.31. The number of carbonyl (C=O) groups is 1. The van der Waals surface area contributed by atoms with Gasteiger partial charge in [-0.3, -0.25) is 0 Å². The maximum Gasteiger partial charge on any atom is 0.317 e. The Morgan fingerprint density at radius 1 is 1.29 bits per heavy atom. The van der Waals surface area contributed by atoms with E-state index >= 15 is 0 Å². The summed E-state index contributed by atoms with van der Waals surface area (Å²) in [5.74, 6) is 2.34. The molecule has 2 aromatic rings. The van der Waals surface area contributed by atoms with Crippen LogP contribution >= 0.6 is 0 Å². The predicted molar refractivity (Wildman–Crippen MR) is 105 cm³/mol. The number of ether oxygens (including phenoxy) is 3. The Hall–Kier alpha value is -2.67. The fourth-order valence-corrected chi connectivity index (χ4v) is 3.47. The number of amides is 2. The Bertz CT molecular complexity index is 747. The molecule has 1 unspecified atom stereocenters. The van der Waals surface area contributed by atoms with Gasteiger partial charge < -0.3 is 28.8 Å². The molecule has 0 radical (unpaired) electrons. The van der Waals surface area contributed by atoms with Gasteiger partial charge in [0.2, 0.25) is 0 Å². The highest BCUT2D eigenvalue weighted by Crippen LogP contribution is 2.38. The highest BCUT2D eigenvalue weighted by atomic mass is 16.5. The lowest BCUT2D eigenvalue weighted by molar-refractivity contribution is 0.104. The Balaban J connectivity index is 1.49. The van der Waals surface area contributed by atoms with Crippen LogP contribution in [0.4, 0.5) is 4.79 Å². The van der Waals surface area contributed by atoms with E-state index in [1.807, 2.05) is 35.2 Å². The Labute approximate surface area is 165 Å². The molecule has 1 aliphatic rings. The predicted octanol–water partition coefficient (Wildman–Crippen LogP) is 3.75. The molecule has 0 saturated carbocycles. The first-order valence-electron chi connectivity index (χ1n) is 9.59. The molecule has 1 fully saturated rings. The van der Waals surface area contributed by atoms with Crippen LogP contribution in [-0.4, -0.2) is 44.8 Å². The standard InChI is InChI=1S/C21H28N2O5/c1-25-16-8-9-20(26-2)18(14-16)19-7-3-11-23(19)21(24)22-10-5-12-27-15-17-6-4-13-28-17/h4,6,8-9,13-14,19H,3,5,7,10-12,15H2,1-2H3,(H,22,24). The molecular weight excluding hydrogens is 360 g/mol. The van der Waals surface area contributed by atoms with Crippen LogP contribution < -0.4 is 14.8 Å². The van der Waals surface area contributed by atoms with E-state index in [0.29, 0.717) is 19.8 Å². The molecule has 7 nitrogen and oxygen atoms in total. The molecule has 1 atom stereocenters. The zero-order valence-electron chi connectivity index (χ0n) is 16.5. The number of methoxy groups -OCH3 is 2. The van der Waals surface area contributed by atoms with E-state index in [1.165, 1.54) is 0 Å². The van der Waals surface area contributed by atoms with Gasteiger partial charge in [-0.1, -0.05) is 0 Å². The molecule has 3 rings (SSSR count). The summed E-state index contributed by atoms with van der Waals surface area (Å²) in [6, 6.07) is 9.35. The number of nitrogens with zero attached hydrogens (tertiary/aromatic N) is 1. The first-order chi connectivity index (χ1) is 13.7. The highest BCUT2D eigenvalue weighted by molar-refractivity contribution is 5.75. The van der Waals surface area contributed by atoms with Crippen molar-refractivity contribution in [3.05, 3.63) is 47.9 Å². The van der Waals surface area contributed by atoms with Crippen molar-refractivity contribution < 1.29 is 23.4 Å². The second-order valence-electron chi connectivity index (χ2n) is 6.68. The highest BCUT2D eigenvalue weighted by Gasteiger charge is 2.32. The fourth-order valence-electron chi connectivity index (χ4n) is 3.47. The molecule has 1 aromatic heterocycles. The smallest absolute Gasteiger partial charge is 0.317 e. The van der Waals surface area contributed by atoms with Crippen LogP contribution in [0.2, 0.25) is 0 Å². The lowest BCUT2D eigenvalue weighted by Gasteiger charge is -2.27. The van der Waals surface area contributed by atoms with Crippen LogP contribution in [0, 0.1) is 0 Å². The van der Waals surface area contributed by atoms with Crippen molar-refractivity contribution in [2.75, 3.05) is 33.9 Å². The van der Waals surface area contributed by atoms with Crippen LogP contribution in [0.1, 0.15) is 36.6 Å². The van der Waals surface area contributed by atoms with E-state index in [1.54, 1.807) is 20.5 Å². The topological polar surface area (TPSA) is 73.2 Å². The Morgan fingerprint density at radius 2 is 2.18 bits per heavy atom. The summed E-state index contributed by atoms with van der Waals surface area (Å²) in [5, 5.41) is 3.00. The molecule has 2 heterocycles. The van der Waals surface area contributed by atoms with Crippen LogP contribution in [0.25, 0.3) is 0 Å². The van der Waals surface area contributed by atoms with Crippen molar-refractivity contribution in [3.63, 3.8) is 0 Å². The van der Waals surface area contributed by atoms with E-state index < -0.39 is 0 Å². The number of carbonyl (C=O) groups excluding carboxylic acids is 1. The maximum absolute atomic E-state index is 12.7. The normalized spacial score (nSPS) is 16.2. The molecule has 1 saturated heterocycles. The van der Waals surface area contributed by atoms with Gasteiger partial charge in [0.15, 0.2) is 0 Å². The van der Waals surface area contributed by atoms with Crippen molar-refractivity contribution in [2.24, 2.45) is 0 Å². The maximum atomic E-state index is 12.7. The molecule has 2 amide bonds. The van der Waals surface area contributed by atoms with Gasteiger partial charge in [-0.2, -0.15) is 0 Å². The third-order valence-corrected chi connectivity index (χ3v) is 4.88. The molecule has 1 aliphatic heterocycles. The van der Waals surface area contributed by atoms with Crippen LogP contribution in [0.5, 0.6) is 11.5 Å². The minimum absolute atomic E-state index is 0.0137. The molecule has 1 aromatic carbocycles. The monoisotopic (exact) mass is 388 g/mol. The molecule has 152 valence electrons. The number of rotatable bonds is 9. The van der Waals surface area contributed by atoms with Gasteiger partial charge >= 0.3 is 6.03 Å². The van der Waals surface area contributed by atoms with Crippen LogP contribution in [-0.2, 0) is 11.3 Å². The molecule has 28 heavy (non-hydrogen) atoms. The first-order valence-corrected chi connectivity index (χ1v) is 9.59. The molecule has 0 bridgehead atoms. The quantitative estimate of drug-likeness (QED) is 0.663. The zero-order chi connectivity index (χ0) is 19.8. The number of urea groups is 1. The summed E-state index contributed by atoms with van der Waals surface area (Å²) in [4.78, 5) is 14.6. The summed E-state index contributed by atoms with van der Waals surface area (Å²) >= 11 is 0. The number of nitrogens with one attached hydrogen (secondary N) is 1. The van der Waals surface area contributed by atoms with Crippen molar-refractivity contribution in [1.82, 2.24) is 10.2 Å². The summed E-state index contributed by atoms with van der Waals surface area (Å²) < 4.78 is 21.6. The second kappa shape index (κ2) is 10.0. The number of hydrogen-bond donors (Lipinski definition) is 1. The van der Waals surface area contributed by atoms with Crippen LogP contribution in [0.3, 0.4) is 0 Å². The molecule has 7 heteroatoms. The minimum atomic E-state index is -0.0570. The average molecular weight is 388 g/mol. The minimum Gasteiger partial charge on any atom is -0.497 e. The molecule has 0 spiro atoms. The average Bonchev–Trinajstić information content (AvgIpc) is 3.41. The SMILES string of the molecule is COc1ccc(OC)c(C2CCCN2C(=O)NCCCOCc2ccco2)c1. The van der Waals surface area contributed by atoms with Crippen molar-refractivity contribution in [2.45, 2.75) is 31.9 Å². The van der Waals surface area contributed by atoms with Crippen molar-refractivity contribution >= 4 is 6.03 Å². The number of hydrogen-bond acceptors (Lipinski definition) is 5. The largest absolute Gasteiger partial charge is 0.497 e. The molecular formula is C21H28N2O5. The van der Waals surface area contributed by atoms with E-state index in [2.05, 4.69) is 5.32 Å². The van der Waals surface area contributed by atoms with E-state index in [-0.39, 0.29) is 12.1 Å². The van der Waals surface area contributed by atoms with Gasteiger partial charge in [0.05, 0.1) is 26.5 Å². The van der Waals surface area contributed by atoms with Gasteiger partial charge in [-0.25, -0.2) is 4.79 Å². The number of likely N-dealkylation sites (tertiary alicyclic amines) is 1. The third kappa shape index (κ3) is 4.98. The van der Waals surface area contributed by atoms with E-state index in [0.717, 1.165) is 48.6 Å². The number of benzene rings is 1. The lowest BCUT2D eigenvalue weighted by atomic mass is 10.0. The lowest BCUT2D eigenvalue weighted by Crippen LogP contribution is -2.40. The second-order valence-corrected chi connectivity index (χ2v) is 6.68. The van der Waals surface area contributed by atoms with Crippen molar-refractivity contribution in [1.29, 1.82) is 0 Å². The molecule has 1 N–H and O–H groups in total. The van der Waals surface area contributed by atoms with E-state index in [9.17, 15) is 4.79 Å². The van der Waals surface area contributed by atoms with Gasteiger partial charge in [0.1, 0.15) is 23.9 Å². The first kappa shape index (κ1) is 20.1. The van der Waals surface area contributed by atoms with Crippen molar-refractivity contribution in [3.8, 4) is 11.5 Å². The summed E-state index contributed by atoms with van der Waals surface area (Å²) in [5.41, 5.74) is 0.983. The number of furan rings is 1. The van der Waals surface area contributed by atoms with Crippen LogP contribution in [0.15, 0.2) is 41.0 Å². The Morgan fingerprint density at radius 3 is 2.93 bits per heavy atom. The van der Waals surface area contributed by atoms with Gasteiger partial charge in [0, 0.05) is 25.3 Å². The Kier molecular flexibility index (Phi) is 7.19. The summed E-state index contributed by atoms with van der Waals surface area (Å²) in [7, 11) is 3.28. The van der Waals surface area contributed by atoms with Gasteiger partial charge in [0.25, 0.3) is 0 Å².